The summed E-state index contributed by atoms with van der Waals surface area (Å²) in [5.41, 5.74) is 0. The molecule has 2 aliphatic rings. The molecule has 2 atom stereocenters. The minimum absolute atomic E-state index is 0.0769. The second-order valence-corrected chi connectivity index (χ2v) is 5.81. The average molecular weight is 225 g/mol. The molecule has 0 aromatic carbocycles. The van der Waals surface area contributed by atoms with Gasteiger partial charge in [-0.2, -0.15) is 0 Å². The zero-order valence-electron chi connectivity index (χ0n) is 10.6. The molecule has 0 saturated heterocycles. The van der Waals surface area contributed by atoms with Gasteiger partial charge in [0, 0.05) is 6.04 Å². The Hall–Kier alpha value is -0.0800. The molecular weight excluding hydrogens is 198 g/mol. The molecule has 2 aliphatic carbocycles. The first kappa shape index (κ1) is 12.4. The Balaban J connectivity index is 1.63. The van der Waals surface area contributed by atoms with E-state index in [2.05, 4.69) is 12.2 Å². The van der Waals surface area contributed by atoms with Crippen LogP contribution in [-0.4, -0.2) is 23.8 Å². The van der Waals surface area contributed by atoms with Gasteiger partial charge in [0.05, 0.1) is 6.10 Å². The van der Waals surface area contributed by atoms with Gasteiger partial charge in [0.15, 0.2) is 0 Å². The predicted octanol–water partition coefficient (Wildman–Crippen LogP) is 2.71. The lowest BCUT2D eigenvalue weighted by molar-refractivity contribution is 0.143. The minimum Gasteiger partial charge on any atom is -0.392 e. The molecule has 0 amide bonds. The van der Waals surface area contributed by atoms with Gasteiger partial charge in [0.2, 0.25) is 0 Å². The number of aliphatic hydroxyl groups is 1. The zero-order chi connectivity index (χ0) is 11.4. The summed E-state index contributed by atoms with van der Waals surface area (Å²) >= 11 is 0. The highest BCUT2D eigenvalue weighted by Crippen LogP contribution is 2.30. The van der Waals surface area contributed by atoms with Crippen molar-refractivity contribution in [3.63, 3.8) is 0 Å². The SMILES string of the molecule is CCC1CCC(CN[C@H]2CCC[C@@H]2O)CC1. The van der Waals surface area contributed by atoms with Crippen molar-refractivity contribution in [2.24, 2.45) is 11.8 Å². The smallest absolute Gasteiger partial charge is 0.0693 e. The maximum Gasteiger partial charge on any atom is 0.0693 e. The fourth-order valence-electron chi connectivity index (χ4n) is 3.34. The molecule has 16 heavy (non-hydrogen) atoms. The molecule has 0 spiro atoms. The van der Waals surface area contributed by atoms with Crippen molar-refractivity contribution >= 4 is 0 Å². The summed E-state index contributed by atoms with van der Waals surface area (Å²) in [6.45, 7) is 3.45. The van der Waals surface area contributed by atoms with Gasteiger partial charge in [-0.3, -0.25) is 0 Å². The molecular formula is C14H27NO. The van der Waals surface area contributed by atoms with E-state index in [-0.39, 0.29) is 6.10 Å². The van der Waals surface area contributed by atoms with E-state index in [9.17, 15) is 5.11 Å². The number of nitrogens with one attached hydrogen (secondary N) is 1. The second-order valence-electron chi connectivity index (χ2n) is 5.81. The lowest BCUT2D eigenvalue weighted by Gasteiger charge is -2.29. The number of aliphatic hydroxyl groups excluding tert-OH is 1. The summed E-state index contributed by atoms with van der Waals surface area (Å²) in [7, 11) is 0. The van der Waals surface area contributed by atoms with Gasteiger partial charge in [0.25, 0.3) is 0 Å². The largest absolute Gasteiger partial charge is 0.392 e. The Kier molecular flexibility index (Phi) is 4.66. The van der Waals surface area contributed by atoms with Gasteiger partial charge >= 0.3 is 0 Å². The molecule has 2 fully saturated rings. The highest BCUT2D eigenvalue weighted by molar-refractivity contribution is 4.84. The first-order valence-electron chi connectivity index (χ1n) is 7.21. The summed E-state index contributed by atoms with van der Waals surface area (Å²) in [6, 6.07) is 0.392. The fourth-order valence-corrected chi connectivity index (χ4v) is 3.34. The third-order valence-electron chi connectivity index (χ3n) is 4.69. The van der Waals surface area contributed by atoms with Crippen LogP contribution in [0.2, 0.25) is 0 Å². The lowest BCUT2D eigenvalue weighted by atomic mass is 9.81. The Morgan fingerprint density at radius 1 is 1.00 bits per heavy atom. The van der Waals surface area contributed by atoms with Crippen molar-refractivity contribution in [2.75, 3.05) is 6.54 Å². The molecule has 2 N–H and O–H groups in total. The van der Waals surface area contributed by atoms with E-state index < -0.39 is 0 Å². The molecule has 0 bridgehead atoms. The molecule has 0 aromatic heterocycles. The van der Waals surface area contributed by atoms with E-state index in [1.807, 2.05) is 0 Å². The topological polar surface area (TPSA) is 32.3 Å². The van der Waals surface area contributed by atoms with Crippen LogP contribution in [0.25, 0.3) is 0 Å². The van der Waals surface area contributed by atoms with Crippen LogP contribution in [0.15, 0.2) is 0 Å². The Morgan fingerprint density at radius 2 is 1.69 bits per heavy atom. The van der Waals surface area contributed by atoms with Gasteiger partial charge in [-0.1, -0.05) is 26.2 Å². The first-order chi connectivity index (χ1) is 7.79. The van der Waals surface area contributed by atoms with E-state index in [1.54, 1.807) is 0 Å². The lowest BCUT2D eigenvalue weighted by Crippen LogP contribution is -2.39. The Labute approximate surface area is 99.8 Å². The van der Waals surface area contributed by atoms with Crippen molar-refractivity contribution in [3.05, 3.63) is 0 Å². The minimum atomic E-state index is -0.0769. The standard InChI is InChI=1S/C14H27NO/c1-2-11-6-8-12(9-7-11)10-15-13-4-3-5-14(13)16/h11-16H,2-10H2,1H3/t11?,12?,13-,14-/m0/s1. The maximum atomic E-state index is 9.74. The molecule has 2 saturated carbocycles. The van der Waals surface area contributed by atoms with E-state index in [0.717, 1.165) is 24.8 Å². The summed E-state index contributed by atoms with van der Waals surface area (Å²) in [6.07, 6.45) is 10.3. The average Bonchev–Trinajstić information content (AvgIpc) is 2.73. The first-order valence-corrected chi connectivity index (χ1v) is 7.21. The predicted molar refractivity (Wildman–Crippen MR) is 67.4 cm³/mol. The third kappa shape index (κ3) is 3.21. The van der Waals surface area contributed by atoms with Crippen molar-refractivity contribution in [2.45, 2.75) is 70.4 Å². The highest BCUT2D eigenvalue weighted by atomic mass is 16.3. The summed E-state index contributed by atoms with van der Waals surface area (Å²) in [4.78, 5) is 0. The number of hydrogen-bond donors (Lipinski definition) is 2. The van der Waals surface area contributed by atoms with Crippen LogP contribution in [0.5, 0.6) is 0 Å². The van der Waals surface area contributed by atoms with Crippen LogP contribution < -0.4 is 5.32 Å². The van der Waals surface area contributed by atoms with Crippen LogP contribution in [0.4, 0.5) is 0 Å². The summed E-state index contributed by atoms with van der Waals surface area (Å²) in [5.74, 6) is 1.86. The van der Waals surface area contributed by atoms with Crippen LogP contribution in [0.3, 0.4) is 0 Å². The van der Waals surface area contributed by atoms with E-state index in [4.69, 9.17) is 0 Å². The molecule has 2 heteroatoms. The molecule has 0 radical (unpaired) electrons. The van der Waals surface area contributed by atoms with E-state index in [1.165, 1.54) is 44.9 Å². The maximum absolute atomic E-state index is 9.74. The van der Waals surface area contributed by atoms with Gasteiger partial charge in [0.1, 0.15) is 0 Å². The second kappa shape index (κ2) is 6.02. The van der Waals surface area contributed by atoms with Gasteiger partial charge in [-0.05, 0) is 50.5 Å². The Morgan fingerprint density at radius 3 is 2.25 bits per heavy atom. The Bertz CT molecular complexity index is 199. The van der Waals surface area contributed by atoms with Crippen molar-refractivity contribution in [1.29, 1.82) is 0 Å². The molecule has 0 unspecified atom stereocenters. The number of hydrogen-bond acceptors (Lipinski definition) is 2. The molecule has 2 nitrogen and oxygen atoms in total. The van der Waals surface area contributed by atoms with E-state index in [0.29, 0.717) is 6.04 Å². The fraction of sp³-hybridized carbons (Fsp3) is 1.00. The van der Waals surface area contributed by atoms with Crippen molar-refractivity contribution in [3.8, 4) is 0 Å². The van der Waals surface area contributed by atoms with Gasteiger partial charge < -0.3 is 10.4 Å². The zero-order valence-corrected chi connectivity index (χ0v) is 10.6. The van der Waals surface area contributed by atoms with Crippen molar-refractivity contribution < 1.29 is 5.11 Å². The molecule has 2 rings (SSSR count). The van der Waals surface area contributed by atoms with E-state index >= 15 is 0 Å². The van der Waals surface area contributed by atoms with Crippen LogP contribution in [0.1, 0.15) is 58.3 Å². The van der Waals surface area contributed by atoms with Gasteiger partial charge in [-0.25, -0.2) is 0 Å². The van der Waals surface area contributed by atoms with Crippen LogP contribution in [-0.2, 0) is 0 Å². The quantitative estimate of drug-likeness (QED) is 0.771. The van der Waals surface area contributed by atoms with Crippen LogP contribution in [0, 0.1) is 11.8 Å². The highest BCUT2D eigenvalue weighted by Gasteiger charge is 2.26. The van der Waals surface area contributed by atoms with Gasteiger partial charge in [-0.15, -0.1) is 0 Å². The molecule has 0 aliphatic heterocycles. The number of rotatable bonds is 4. The molecule has 0 aromatic rings. The monoisotopic (exact) mass is 225 g/mol. The van der Waals surface area contributed by atoms with Crippen molar-refractivity contribution in [1.82, 2.24) is 5.32 Å². The third-order valence-corrected chi connectivity index (χ3v) is 4.69. The normalized spacial score (nSPS) is 40.1. The molecule has 0 heterocycles. The van der Waals surface area contributed by atoms with Crippen LogP contribution >= 0.6 is 0 Å². The summed E-state index contributed by atoms with van der Waals surface area (Å²) < 4.78 is 0. The molecule has 94 valence electrons. The summed E-state index contributed by atoms with van der Waals surface area (Å²) in [5, 5.41) is 13.3.